The fourth-order valence-corrected chi connectivity index (χ4v) is 11.4. The first-order chi connectivity index (χ1) is 23.5. The van der Waals surface area contributed by atoms with Crippen molar-refractivity contribution in [3.8, 4) is 17.6 Å². The van der Waals surface area contributed by atoms with Gasteiger partial charge >= 0.3 is 0 Å². The minimum atomic E-state index is -2.24. The van der Waals surface area contributed by atoms with E-state index in [1.165, 1.54) is 15.6 Å². The number of amides is 1. The molecule has 2 aliphatic carbocycles. The van der Waals surface area contributed by atoms with E-state index in [-0.39, 0.29) is 10.9 Å². The fourth-order valence-electron chi connectivity index (χ4n) is 7.32. The van der Waals surface area contributed by atoms with Crippen LogP contribution in [0, 0.1) is 24.7 Å². The number of aryl methyl sites for hydroxylation is 1. The van der Waals surface area contributed by atoms with Gasteiger partial charge in [-0.2, -0.15) is 0 Å². The highest BCUT2D eigenvalue weighted by Crippen LogP contribution is 2.45. The van der Waals surface area contributed by atoms with Gasteiger partial charge in [-0.3, -0.25) is 4.79 Å². The zero-order chi connectivity index (χ0) is 36.3. The molecule has 0 bridgehead atoms. The molecule has 2 fully saturated rings. The third-order valence-electron chi connectivity index (χ3n) is 11.4. The summed E-state index contributed by atoms with van der Waals surface area (Å²) in [7, 11) is -1.93. The number of thiazole rings is 1. The summed E-state index contributed by atoms with van der Waals surface area (Å²) in [5, 5.41) is 0.870. The Morgan fingerprint density at radius 2 is 1.68 bits per heavy atom. The van der Waals surface area contributed by atoms with E-state index >= 15 is 4.79 Å². The van der Waals surface area contributed by atoms with E-state index in [2.05, 4.69) is 125 Å². The number of methoxy groups -OCH3 is 1. The average Bonchev–Trinajstić information content (AvgIpc) is 3.56. The Morgan fingerprint density at radius 1 is 0.980 bits per heavy atom. The molecule has 0 saturated heterocycles. The molecular formula is C42H60N2O3SSi2. The molecule has 0 aliphatic heterocycles. The second-order valence-electron chi connectivity index (χ2n) is 17.4. The highest BCUT2D eigenvalue weighted by Gasteiger charge is 2.51. The highest BCUT2D eigenvalue weighted by molar-refractivity contribution is 7.26. The summed E-state index contributed by atoms with van der Waals surface area (Å²) < 4.78 is 14.1. The van der Waals surface area contributed by atoms with Crippen molar-refractivity contribution < 1.29 is 14.0 Å². The Hall–Kier alpha value is -2.71. The van der Waals surface area contributed by atoms with E-state index in [4.69, 9.17) is 9.16 Å². The minimum absolute atomic E-state index is 0.0153. The summed E-state index contributed by atoms with van der Waals surface area (Å²) >= 11 is 1.72. The molecule has 0 radical (unpaired) electrons. The van der Waals surface area contributed by atoms with Crippen LogP contribution in [0.4, 0.5) is 5.69 Å². The summed E-state index contributed by atoms with van der Waals surface area (Å²) in [5.74, 6) is 8.78. The largest absolute Gasteiger partial charge is 0.496 e. The number of ether oxygens (including phenoxy) is 1. The van der Waals surface area contributed by atoms with E-state index in [1.807, 2.05) is 6.20 Å². The van der Waals surface area contributed by atoms with Gasteiger partial charge in [0.2, 0.25) is 0 Å². The number of hydrogen-bond acceptors (Lipinski definition) is 5. The molecule has 0 N–H and O–H groups in total. The quantitative estimate of drug-likeness (QED) is 0.163. The molecule has 5 nitrogen and oxygen atoms in total. The number of benzene rings is 2. The zero-order valence-corrected chi connectivity index (χ0v) is 35.2. The van der Waals surface area contributed by atoms with Crippen molar-refractivity contribution in [2.24, 2.45) is 5.92 Å². The highest BCUT2D eigenvalue weighted by atomic mass is 32.1. The van der Waals surface area contributed by atoms with Crippen molar-refractivity contribution in [2.45, 2.75) is 135 Å². The molecule has 270 valence electrons. The van der Waals surface area contributed by atoms with Crippen molar-refractivity contribution in [3.05, 3.63) is 70.4 Å². The van der Waals surface area contributed by atoms with Crippen LogP contribution in [0.15, 0.2) is 48.7 Å². The maximum Gasteiger partial charge on any atom is 0.258 e. The van der Waals surface area contributed by atoms with Gasteiger partial charge in [-0.15, -0.1) is 11.3 Å². The second-order valence-corrected chi connectivity index (χ2v) is 28.5. The minimum Gasteiger partial charge on any atom is -0.496 e. The monoisotopic (exact) mass is 728 g/mol. The van der Waals surface area contributed by atoms with Gasteiger partial charge in [-0.1, -0.05) is 83.8 Å². The van der Waals surface area contributed by atoms with Crippen LogP contribution in [-0.4, -0.2) is 46.5 Å². The van der Waals surface area contributed by atoms with E-state index < -0.39 is 22.0 Å². The predicted octanol–water partition coefficient (Wildman–Crippen LogP) is 10.4. The summed E-state index contributed by atoms with van der Waals surface area (Å²) in [6.07, 6.45) is 11.3. The molecule has 2 aromatic carbocycles. The standard InChI is InChI=1S/C42H60N2O3SSi2/c1-31-27-35(22-23-37(31)46-5)34-20-17-33(18-21-34)30-44(40(45)42(25-12-11-13-26-42)47-50(9,10)41(2,3)4)36-16-14-15-32(28-36)19-24-38-43-29-39(48-38)49(6,7)8/h14-16,22-23,27-29,33-34H,11-13,17-18,20-21,25-26,30H2,1-10H3. The number of rotatable bonds is 9. The molecule has 0 spiro atoms. The van der Waals surface area contributed by atoms with Crippen LogP contribution in [0.25, 0.3) is 0 Å². The number of carbonyl (C=O) groups excluding carboxylic acids is 1. The molecule has 2 saturated carbocycles. The Morgan fingerprint density at radius 3 is 2.28 bits per heavy atom. The SMILES string of the molecule is COc1ccc(C2CCC(CN(C(=O)C3(O[Si](C)(C)C(C)(C)C)CCCCC3)c3cccc(C#Cc4ncc([Si](C)(C)C)s4)c3)CC2)cc1C. The second kappa shape index (κ2) is 15.5. The first-order valence-corrected chi connectivity index (χ1v) is 26.0. The number of aromatic nitrogens is 1. The molecule has 0 unspecified atom stereocenters. The van der Waals surface area contributed by atoms with Gasteiger partial charge in [0, 0.05) is 28.5 Å². The summed E-state index contributed by atoms with van der Waals surface area (Å²) in [6, 6.07) is 15.0. The molecule has 1 amide bonds. The van der Waals surface area contributed by atoms with Gasteiger partial charge < -0.3 is 14.1 Å². The number of anilines is 1. The fraction of sp³-hybridized carbons (Fsp3) is 0.571. The topological polar surface area (TPSA) is 51.7 Å². The molecule has 50 heavy (non-hydrogen) atoms. The molecule has 0 atom stereocenters. The van der Waals surface area contributed by atoms with Gasteiger partial charge in [0.25, 0.3) is 5.91 Å². The first kappa shape index (κ1) is 38.5. The third kappa shape index (κ3) is 9.01. The molecule has 8 heteroatoms. The van der Waals surface area contributed by atoms with Crippen LogP contribution in [0.5, 0.6) is 5.75 Å². The van der Waals surface area contributed by atoms with Crippen LogP contribution >= 0.6 is 11.3 Å². The van der Waals surface area contributed by atoms with E-state index in [1.54, 1.807) is 18.4 Å². The Bertz CT molecular complexity index is 1690. The van der Waals surface area contributed by atoms with E-state index in [0.29, 0.717) is 18.4 Å². The van der Waals surface area contributed by atoms with Crippen LogP contribution in [0.2, 0.25) is 37.8 Å². The number of nitrogens with zero attached hydrogens (tertiary/aromatic N) is 2. The van der Waals surface area contributed by atoms with E-state index in [0.717, 1.165) is 79.8 Å². The predicted molar refractivity (Wildman–Crippen MR) is 216 cm³/mol. The maximum atomic E-state index is 15.2. The summed E-state index contributed by atoms with van der Waals surface area (Å²) in [6.45, 7) is 21.3. The lowest BCUT2D eigenvalue weighted by atomic mass is 9.77. The van der Waals surface area contributed by atoms with E-state index in [9.17, 15) is 0 Å². The molecule has 1 heterocycles. The smallest absolute Gasteiger partial charge is 0.258 e. The lowest BCUT2D eigenvalue weighted by Gasteiger charge is -2.48. The molecular weight excluding hydrogens is 669 g/mol. The van der Waals surface area contributed by atoms with Crippen molar-refractivity contribution in [1.29, 1.82) is 0 Å². The Balaban J connectivity index is 1.44. The molecule has 2 aliphatic rings. The summed E-state index contributed by atoms with van der Waals surface area (Å²) in [4.78, 5) is 22.0. The first-order valence-electron chi connectivity index (χ1n) is 18.8. The molecule has 3 aromatic rings. The lowest BCUT2D eigenvalue weighted by molar-refractivity contribution is -0.138. The van der Waals surface area contributed by atoms with Crippen molar-refractivity contribution in [1.82, 2.24) is 4.98 Å². The number of hydrogen-bond donors (Lipinski definition) is 0. The summed E-state index contributed by atoms with van der Waals surface area (Å²) in [5.41, 5.74) is 3.65. The maximum absolute atomic E-state index is 15.2. The third-order valence-corrected chi connectivity index (χ3v) is 20.4. The zero-order valence-electron chi connectivity index (χ0n) is 32.4. The van der Waals surface area contributed by atoms with Gasteiger partial charge in [0.05, 0.1) is 15.2 Å². The normalized spacial score (nSPS) is 19.7. The van der Waals surface area contributed by atoms with Crippen molar-refractivity contribution >= 4 is 43.8 Å². The number of carbonyl (C=O) groups is 1. The van der Waals surface area contributed by atoms with Crippen LogP contribution < -0.4 is 14.1 Å². The van der Waals surface area contributed by atoms with Crippen molar-refractivity contribution in [2.75, 3.05) is 18.6 Å². The van der Waals surface area contributed by atoms with Gasteiger partial charge in [-0.25, -0.2) is 4.98 Å². The van der Waals surface area contributed by atoms with Gasteiger partial charge in [0.1, 0.15) is 11.4 Å². The average molecular weight is 729 g/mol. The Kier molecular flexibility index (Phi) is 11.9. The van der Waals surface area contributed by atoms with Crippen LogP contribution in [0.1, 0.15) is 106 Å². The van der Waals surface area contributed by atoms with Gasteiger partial charge in [-0.05, 0) is 117 Å². The molecule has 5 rings (SSSR count). The van der Waals surface area contributed by atoms with Crippen molar-refractivity contribution in [3.63, 3.8) is 0 Å². The lowest BCUT2D eigenvalue weighted by Crippen LogP contribution is -2.59. The van der Waals surface area contributed by atoms with Crippen LogP contribution in [-0.2, 0) is 9.22 Å². The molecule has 1 aromatic heterocycles. The Labute approximate surface area is 308 Å². The van der Waals surface area contributed by atoms with Crippen LogP contribution in [0.3, 0.4) is 0 Å². The van der Waals surface area contributed by atoms with Gasteiger partial charge in [0.15, 0.2) is 13.3 Å².